The Balaban J connectivity index is 2.81. The summed E-state index contributed by atoms with van der Waals surface area (Å²) in [5.74, 6) is 0.306. The zero-order valence-corrected chi connectivity index (χ0v) is 14.6. The van der Waals surface area contributed by atoms with Crippen LogP contribution in [-0.4, -0.2) is 9.55 Å². The fourth-order valence-electron chi connectivity index (χ4n) is 3.06. The van der Waals surface area contributed by atoms with E-state index in [1.807, 2.05) is 6.20 Å². The van der Waals surface area contributed by atoms with Crippen LogP contribution in [0.5, 0.6) is 0 Å². The standard InChI is InChI=1S/C18H33N3O/c1-4-6-8-10-13-18(3,14-11-9-7-5-2)21-15-12-16(19)20-17(21)22/h12,15H,4-11,13-14H2,1-3H3,(H2,19,20,22). The molecule has 1 rings (SSSR count). The highest BCUT2D eigenvalue weighted by atomic mass is 16.1. The maximum absolute atomic E-state index is 12.2. The van der Waals surface area contributed by atoms with E-state index in [2.05, 4.69) is 25.8 Å². The maximum Gasteiger partial charge on any atom is 0.349 e. The molecule has 4 nitrogen and oxygen atoms in total. The van der Waals surface area contributed by atoms with Crippen LogP contribution in [0, 0.1) is 0 Å². The molecular weight excluding hydrogens is 274 g/mol. The molecule has 0 aliphatic carbocycles. The van der Waals surface area contributed by atoms with E-state index >= 15 is 0 Å². The van der Waals surface area contributed by atoms with E-state index in [-0.39, 0.29) is 11.2 Å². The third kappa shape index (κ3) is 5.82. The van der Waals surface area contributed by atoms with Crippen molar-refractivity contribution in [2.24, 2.45) is 0 Å². The Morgan fingerprint density at radius 3 is 2.05 bits per heavy atom. The largest absolute Gasteiger partial charge is 0.383 e. The van der Waals surface area contributed by atoms with Crippen LogP contribution in [0.25, 0.3) is 0 Å². The number of rotatable bonds is 11. The van der Waals surface area contributed by atoms with Crippen LogP contribution in [0.1, 0.15) is 85.0 Å². The lowest BCUT2D eigenvalue weighted by molar-refractivity contribution is 0.241. The van der Waals surface area contributed by atoms with Crippen molar-refractivity contribution in [3.05, 3.63) is 22.7 Å². The number of unbranched alkanes of at least 4 members (excludes halogenated alkanes) is 6. The Labute approximate surface area is 135 Å². The van der Waals surface area contributed by atoms with Gasteiger partial charge in [-0.2, -0.15) is 4.98 Å². The highest BCUT2D eigenvalue weighted by Gasteiger charge is 2.26. The molecule has 1 aromatic heterocycles. The Bertz CT molecular complexity index is 469. The predicted molar refractivity (Wildman–Crippen MR) is 94.1 cm³/mol. The van der Waals surface area contributed by atoms with Crippen LogP contribution in [-0.2, 0) is 5.54 Å². The second-order valence-electron chi connectivity index (χ2n) is 6.62. The summed E-state index contributed by atoms with van der Waals surface area (Å²) in [6.07, 6.45) is 13.7. The zero-order valence-electron chi connectivity index (χ0n) is 14.6. The minimum atomic E-state index is -0.214. The van der Waals surface area contributed by atoms with Gasteiger partial charge in [0, 0.05) is 11.7 Å². The van der Waals surface area contributed by atoms with E-state index in [1.54, 1.807) is 10.6 Å². The smallest absolute Gasteiger partial charge is 0.349 e. The third-order valence-electron chi connectivity index (χ3n) is 4.54. The van der Waals surface area contributed by atoms with Crippen molar-refractivity contribution in [1.29, 1.82) is 0 Å². The summed E-state index contributed by atoms with van der Waals surface area (Å²) in [6.45, 7) is 6.64. The molecule has 0 aromatic carbocycles. The number of hydrogen-bond donors (Lipinski definition) is 1. The first-order chi connectivity index (χ1) is 10.5. The minimum absolute atomic E-state index is 0.140. The summed E-state index contributed by atoms with van der Waals surface area (Å²) in [5, 5.41) is 0. The van der Waals surface area contributed by atoms with Gasteiger partial charge in [-0.15, -0.1) is 0 Å². The lowest BCUT2D eigenvalue weighted by Gasteiger charge is -2.32. The van der Waals surface area contributed by atoms with Gasteiger partial charge in [-0.05, 0) is 25.8 Å². The molecule has 0 unspecified atom stereocenters. The second kappa shape index (κ2) is 9.65. The normalized spacial score (nSPS) is 11.8. The van der Waals surface area contributed by atoms with Gasteiger partial charge in [0.1, 0.15) is 5.82 Å². The first-order valence-corrected chi connectivity index (χ1v) is 8.89. The van der Waals surface area contributed by atoms with Crippen LogP contribution >= 0.6 is 0 Å². The van der Waals surface area contributed by atoms with Crippen molar-refractivity contribution in [3.63, 3.8) is 0 Å². The van der Waals surface area contributed by atoms with Crippen LogP contribution in [0.3, 0.4) is 0 Å². The van der Waals surface area contributed by atoms with Gasteiger partial charge in [-0.25, -0.2) is 4.79 Å². The summed E-state index contributed by atoms with van der Waals surface area (Å²) in [5.41, 5.74) is 5.27. The molecule has 0 radical (unpaired) electrons. The van der Waals surface area contributed by atoms with Crippen molar-refractivity contribution in [3.8, 4) is 0 Å². The molecule has 2 N–H and O–H groups in total. The molecule has 4 heteroatoms. The molecule has 1 heterocycles. The van der Waals surface area contributed by atoms with Gasteiger partial charge in [0.05, 0.1) is 0 Å². The molecule has 126 valence electrons. The molecule has 0 spiro atoms. The first kappa shape index (κ1) is 18.7. The number of aromatic nitrogens is 2. The summed E-state index contributed by atoms with van der Waals surface area (Å²) >= 11 is 0. The van der Waals surface area contributed by atoms with Crippen molar-refractivity contribution in [2.75, 3.05) is 5.73 Å². The van der Waals surface area contributed by atoms with Crippen molar-refractivity contribution >= 4 is 5.82 Å². The average molecular weight is 307 g/mol. The summed E-state index contributed by atoms with van der Waals surface area (Å²) in [7, 11) is 0. The lowest BCUT2D eigenvalue weighted by Crippen LogP contribution is -2.39. The van der Waals surface area contributed by atoms with Gasteiger partial charge >= 0.3 is 5.69 Å². The fraction of sp³-hybridized carbons (Fsp3) is 0.778. The maximum atomic E-state index is 12.2. The van der Waals surface area contributed by atoms with E-state index in [9.17, 15) is 4.79 Å². The molecule has 0 fully saturated rings. The molecule has 1 aromatic rings. The molecule has 0 saturated carbocycles. The van der Waals surface area contributed by atoms with Gasteiger partial charge in [0.15, 0.2) is 0 Å². The van der Waals surface area contributed by atoms with Crippen LogP contribution in [0.4, 0.5) is 5.82 Å². The summed E-state index contributed by atoms with van der Waals surface area (Å²) < 4.78 is 1.81. The second-order valence-corrected chi connectivity index (χ2v) is 6.62. The molecule has 22 heavy (non-hydrogen) atoms. The van der Waals surface area contributed by atoms with Gasteiger partial charge < -0.3 is 5.73 Å². The molecule has 0 aliphatic rings. The minimum Gasteiger partial charge on any atom is -0.383 e. The molecule has 0 aliphatic heterocycles. The Morgan fingerprint density at radius 2 is 1.59 bits per heavy atom. The van der Waals surface area contributed by atoms with E-state index in [4.69, 9.17) is 5.73 Å². The predicted octanol–water partition coefficient (Wildman–Crippen LogP) is 4.48. The zero-order chi connectivity index (χ0) is 16.4. The first-order valence-electron chi connectivity index (χ1n) is 8.89. The van der Waals surface area contributed by atoms with Gasteiger partial charge in [0.25, 0.3) is 0 Å². The highest BCUT2D eigenvalue weighted by molar-refractivity contribution is 5.23. The molecule has 0 saturated heterocycles. The summed E-state index contributed by atoms with van der Waals surface area (Å²) in [6, 6.07) is 1.73. The van der Waals surface area contributed by atoms with Crippen molar-refractivity contribution < 1.29 is 0 Å². The van der Waals surface area contributed by atoms with Crippen molar-refractivity contribution in [1.82, 2.24) is 9.55 Å². The van der Waals surface area contributed by atoms with E-state index in [1.165, 1.54) is 38.5 Å². The van der Waals surface area contributed by atoms with Crippen LogP contribution in [0.2, 0.25) is 0 Å². The number of nitrogens with two attached hydrogens (primary N) is 1. The van der Waals surface area contributed by atoms with Gasteiger partial charge in [-0.3, -0.25) is 4.57 Å². The molecule has 0 bridgehead atoms. The van der Waals surface area contributed by atoms with E-state index in [0.717, 1.165) is 25.7 Å². The SMILES string of the molecule is CCCCCCC(C)(CCCCCC)n1ccc(N)nc1=O. The molecule has 0 amide bonds. The van der Waals surface area contributed by atoms with Crippen LogP contribution in [0.15, 0.2) is 17.1 Å². The quantitative estimate of drug-likeness (QED) is 0.613. The topological polar surface area (TPSA) is 60.9 Å². The lowest BCUT2D eigenvalue weighted by atomic mass is 9.87. The van der Waals surface area contributed by atoms with E-state index < -0.39 is 0 Å². The average Bonchev–Trinajstić information content (AvgIpc) is 2.48. The number of nitrogen functional groups attached to an aromatic ring is 1. The van der Waals surface area contributed by atoms with Gasteiger partial charge in [-0.1, -0.05) is 65.2 Å². The number of nitrogens with zero attached hydrogens (tertiary/aromatic N) is 2. The number of hydrogen-bond acceptors (Lipinski definition) is 3. The Hall–Kier alpha value is -1.32. The third-order valence-corrected chi connectivity index (χ3v) is 4.54. The van der Waals surface area contributed by atoms with E-state index in [0.29, 0.717) is 5.82 Å². The van der Waals surface area contributed by atoms with Crippen LogP contribution < -0.4 is 11.4 Å². The molecule has 0 atom stereocenters. The summed E-state index contributed by atoms with van der Waals surface area (Å²) in [4.78, 5) is 16.1. The Kier molecular flexibility index (Phi) is 8.21. The Morgan fingerprint density at radius 1 is 1.05 bits per heavy atom. The fourth-order valence-corrected chi connectivity index (χ4v) is 3.06. The van der Waals surface area contributed by atoms with Crippen molar-refractivity contribution in [2.45, 2.75) is 90.5 Å². The highest BCUT2D eigenvalue weighted by Crippen LogP contribution is 2.29. The monoisotopic (exact) mass is 307 g/mol. The number of anilines is 1. The van der Waals surface area contributed by atoms with Gasteiger partial charge in [0.2, 0.25) is 0 Å². The molecular formula is C18H33N3O.